The standard InChI is InChI=1S/C14H19ClO4/c1-4-17-12-8-14(19-6-3)13(18-5-2)7-10(12)11(16)9-15/h7-8H,4-6,9H2,1-3H3. The number of ether oxygens (including phenoxy) is 3. The Morgan fingerprint density at radius 1 is 0.947 bits per heavy atom. The maximum Gasteiger partial charge on any atom is 0.181 e. The van der Waals surface area contributed by atoms with Gasteiger partial charge in [0, 0.05) is 6.07 Å². The largest absolute Gasteiger partial charge is 0.493 e. The molecule has 0 heterocycles. The third-order valence-corrected chi connectivity index (χ3v) is 2.61. The Kier molecular flexibility index (Phi) is 6.50. The van der Waals surface area contributed by atoms with Crippen LogP contribution in [-0.2, 0) is 0 Å². The highest BCUT2D eigenvalue weighted by Gasteiger charge is 2.17. The molecule has 1 rings (SSSR count). The molecular formula is C14H19ClO4. The predicted molar refractivity (Wildman–Crippen MR) is 75.0 cm³/mol. The van der Waals surface area contributed by atoms with Crippen LogP contribution in [-0.4, -0.2) is 31.5 Å². The maximum atomic E-state index is 11.8. The number of hydrogen-bond acceptors (Lipinski definition) is 4. The van der Waals surface area contributed by atoms with E-state index in [2.05, 4.69) is 0 Å². The van der Waals surface area contributed by atoms with Crippen LogP contribution in [0, 0.1) is 0 Å². The molecule has 19 heavy (non-hydrogen) atoms. The molecule has 0 saturated carbocycles. The molecule has 0 N–H and O–H groups in total. The first-order valence-corrected chi connectivity index (χ1v) is 6.86. The first kappa shape index (κ1) is 15.6. The van der Waals surface area contributed by atoms with Crippen LogP contribution < -0.4 is 14.2 Å². The molecule has 0 aliphatic carbocycles. The van der Waals surface area contributed by atoms with Crippen LogP contribution in [0.5, 0.6) is 17.2 Å². The van der Waals surface area contributed by atoms with Gasteiger partial charge in [-0.05, 0) is 26.8 Å². The maximum absolute atomic E-state index is 11.8. The minimum atomic E-state index is -0.200. The lowest BCUT2D eigenvalue weighted by Gasteiger charge is -2.15. The number of Topliss-reactive ketones (excluding diaryl/α,β-unsaturated/α-hetero) is 1. The number of rotatable bonds is 8. The Labute approximate surface area is 118 Å². The third-order valence-electron chi connectivity index (χ3n) is 2.37. The second-order valence-electron chi connectivity index (χ2n) is 3.65. The van der Waals surface area contributed by atoms with Crippen molar-refractivity contribution in [2.24, 2.45) is 0 Å². The highest BCUT2D eigenvalue weighted by molar-refractivity contribution is 6.30. The summed E-state index contributed by atoms with van der Waals surface area (Å²) in [7, 11) is 0. The van der Waals surface area contributed by atoms with Gasteiger partial charge in [0.25, 0.3) is 0 Å². The van der Waals surface area contributed by atoms with Crippen molar-refractivity contribution in [3.8, 4) is 17.2 Å². The molecule has 0 bridgehead atoms. The minimum absolute atomic E-state index is 0.0976. The summed E-state index contributed by atoms with van der Waals surface area (Å²) >= 11 is 5.61. The van der Waals surface area contributed by atoms with Crippen molar-refractivity contribution in [1.29, 1.82) is 0 Å². The molecule has 0 aliphatic rings. The molecule has 0 unspecified atom stereocenters. The Hall–Kier alpha value is -1.42. The van der Waals surface area contributed by atoms with Crippen LogP contribution in [0.3, 0.4) is 0 Å². The predicted octanol–water partition coefficient (Wildman–Crippen LogP) is 3.30. The summed E-state index contributed by atoms with van der Waals surface area (Å²) in [4.78, 5) is 11.8. The first-order valence-electron chi connectivity index (χ1n) is 6.33. The summed E-state index contributed by atoms with van der Waals surface area (Å²) in [5, 5.41) is 0. The van der Waals surface area contributed by atoms with E-state index in [9.17, 15) is 4.79 Å². The average Bonchev–Trinajstić information content (AvgIpc) is 2.41. The molecule has 106 valence electrons. The van der Waals surface area contributed by atoms with Crippen LogP contribution in [0.25, 0.3) is 0 Å². The SMILES string of the molecule is CCOc1cc(OCC)c(C(=O)CCl)cc1OCC. The van der Waals surface area contributed by atoms with Crippen LogP contribution in [0.4, 0.5) is 0 Å². The fourth-order valence-corrected chi connectivity index (χ4v) is 1.79. The zero-order valence-electron chi connectivity index (χ0n) is 11.5. The zero-order chi connectivity index (χ0) is 14.3. The molecule has 1 aromatic rings. The normalized spacial score (nSPS) is 10.1. The van der Waals surface area contributed by atoms with Crippen LogP contribution in [0.15, 0.2) is 12.1 Å². The van der Waals surface area contributed by atoms with E-state index in [1.807, 2.05) is 20.8 Å². The lowest BCUT2D eigenvalue weighted by molar-refractivity contribution is 0.101. The van der Waals surface area contributed by atoms with Gasteiger partial charge in [-0.3, -0.25) is 4.79 Å². The molecule has 0 amide bonds. The number of hydrogen-bond donors (Lipinski definition) is 0. The van der Waals surface area contributed by atoms with Crippen molar-refractivity contribution < 1.29 is 19.0 Å². The van der Waals surface area contributed by atoms with Crippen molar-refractivity contribution in [3.63, 3.8) is 0 Å². The van der Waals surface area contributed by atoms with E-state index in [1.165, 1.54) is 0 Å². The summed E-state index contributed by atoms with van der Waals surface area (Å²) in [6.07, 6.45) is 0. The monoisotopic (exact) mass is 286 g/mol. The third kappa shape index (κ3) is 4.03. The van der Waals surface area contributed by atoms with E-state index >= 15 is 0 Å². The summed E-state index contributed by atoms with van der Waals surface area (Å²) in [5.74, 6) is 1.27. The van der Waals surface area contributed by atoms with E-state index in [1.54, 1.807) is 12.1 Å². The van der Waals surface area contributed by atoms with Gasteiger partial charge in [-0.2, -0.15) is 0 Å². The topological polar surface area (TPSA) is 44.8 Å². The van der Waals surface area contributed by atoms with Crippen molar-refractivity contribution in [3.05, 3.63) is 17.7 Å². The molecule has 0 saturated heterocycles. The number of benzene rings is 1. The van der Waals surface area contributed by atoms with Gasteiger partial charge in [-0.15, -0.1) is 11.6 Å². The van der Waals surface area contributed by atoms with Gasteiger partial charge >= 0.3 is 0 Å². The zero-order valence-corrected chi connectivity index (χ0v) is 12.3. The molecule has 4 nitrogen and oxygen atoms in total. The number of ketones is 1. The fourth-order valence-electron chi connectivity index (χ4n) is 1.64. The Bertz CT molecular complexity index is 432. The van der Waals surface area contributed by atoms with Gasteiger partial charge in [-0.1, -0.05) is 0 Å². The summed E-state index contributed by atoms with van der Waals surface area (Å²) in [6, 6.07) is 3.31. The summed E-state index contributed by atoms with van der Waals surface area (Å²) < 4.78 is 16.4. The Balaban J connectivity index is 3.27. The lowest BCUT2D eigenvalue weighted by atomic mass is 10.1. The Morgan fingerprint density at radius 3 is 1.89 bits per heavy atom. The van der Waals surface area contributed by atoms with E-state index < -0.39 is 0 Å². The smallest absolute Gasteiger partial charge is 0.181 e. The van der Waals surface area contributed by atoms with Gasteiger partial charge in [0.15, 0.2) is 17.3 Å². The van der Waals surface area contributed by atoms with Crippen molar-refractivity contribution in [1.82, 2.24) is 0 Å². The van der Waals surface area contributed by atoms with Crippen molar-refractivity contribution in [2.45, 2.75) is 20.8 Å². The second-order valence-corrected chi connectivity index (χ2v) is 3.92. The average molecular weight is 287 g/mol. The lowest BCUT2D eigenvalue weighted by Crippen LogP contribution is -2.07. The van der Waals surface area contributed by atoms with Crippen LogP contribution in [0.2, 0.25) is 0 Å². The van der Waals surface area contributed by atoms with Crippen molar-refractivity contribution >= 4 is 17.4 Å². The molecule has 0 radical (unpaired) electrons. The molecule has 0 atom stereocenters. The van der Waals surface area contributed by atoms with Gasteiger partial charge in [-0.25, -0.2) is 0 Å². The van der Waals surface area contributed by atoms with E-state index in [0.29, 0.717) is 42.6 Å². The Morgan fingerprint density at radius 2 is 1.42 bits per heavy atom. The highest BCUT2D eigenvalue weighted by Crippen LogP contribution is 2.35. The number of halogens is 1. The number of carbonyl (C=O) groups is 1. The van der Waals surface area contributed by atoms with Gasteiger partial charge < -0.3 is 14.2 Å². The second kappa shape index (κ2) is 7.89. The van der Waals surface area contributed by atoms with Gasteiger partial charge in [0.05, 0.1) is 31.3 Å². The first-order chi connectivity index (χ1) is 9.17. The fraction of sp³-hybridized carbons (Fsp3) is 0.500. The molecule has 1 aromatic carbocycles. The quantitative estimate of drug-likeness (QED) is 0.543. The van der Waals surface area contributed by atoms with Gasteiger partial charge in [0.1, 0.15) is 5.75 Å². The van der Waals surface area contributed by atoms with E-state index in [0.717, 1.165) is 0 Å². The van der Waals surface area contributed by atoms with Crippen LogP contribution in [0.1, 0.15) is 31.1 Å². The van der Waals surface area contributed by atoms with E-state index in [-0.39, 0.29) is 11.7 Å². The number of alkyl halides is 1. The van der Waals surface area contributed by atoms with Crippen molar-refractivity contribution in [2.75, 3.05) is 25.7 Å². The molecule has 0 fully saturated rings. The molecular weight excluding hydrogens is 268 g/mol. The molecule has 0 aliphatic heterocycles. The highest BCUT2D eigenvalue weighted by atomic mass is 35.5. The molecule has 0 aromatic heterocycles. The van der Waals surface area contributed by atoms with Gasteiger partial charge in [0.2, 0.25) is 0 Å². The number of carbonyl (C=O) groups excluding carboxylic acids is 1. The summed E-state index contributed by atoms with van der Waals surface area (Å²) in [6.45, 7) is 7.06. The minimum Gasteiger partial charge on any atom is -0.493 e. The van der Waals surface area contributed by atoms with E-state index in [4.69, 9.17) is 25.8 Å². The van der Waals surface area contributed by atoms with Crippen LogP contribution >= 0.6 is 11.6 Å². The summed E-state index contributed by atoms with van der Waals surface area (Å²) in [5.41, 5.74) is 0.420. The molecule has 5 heteroatoms. The molecule has 0 spiro atoms.